The van der Waals surface area contributed by atoms with E-state index in [9.17, 15) is 4.39 Å². The lowest BCUT2D eigenvalue weighted by Crippen LogP contribution is -2.28. The van der Waals surface area contributed by atoms with Crippen LogP contribution >= 0.6 is 11.6 Å². The van der Waals surface area contributed by atoms with Crippen LogP contribution in [-0.4, -0.2) is 6.10 Å². The molecule has 2 saturated carbocycles. The SMILES string of the molecule is C=CCC[C@H]1CC[C@H](C2CCC(OCc3ccc(F)c(Cl)c3)CC2)CC1. The van der Waals surface area contributed by atoms with Crippen molar-refractivity contribution in [2.75, 3.05) is 0 Å². The third kappa shape index (κ3) is 5.57. The molecular formula is C23H32ClFO. The predicted molar refractivity (Wildman–Crippen MR) is 107 cm³/mol. The van der Waals surface area contributed by atoms with E-state index in [-0.39, 0.29) is 10.8 Å². The summed E-state index contributed by atoms with van der Waals surface area (Å²) < 4.78 is 19.3. The van der Waals surface area contributed by atoms with E-state index in [1.807, 2.05) is 0 Å². The van der Waals surface area contributed by atoms with Gasteiger partial charge in [0.1, 0.15) is 5.82 Å². The highest BCUT2D eigenvalue weighted by molar-refractivity contribution is 6.30. The van der Waals surface area contributed by atoms with Crippen molar-refractivity contribution >= 4 is 11.6 Å². The topological polar surface area (TPSA) is 9.23 Å². The van der Waals surface area contributed by atoms with Gasteiger partial charge in [0.25, 0.3) is 0 Å². The van der Waals surface area contributed by atoms with Crippen molar-refractivity contribution in [2.24, 2.45) is 17.8 Å². The Morgan fingerprint density at radius 3 is 2.31 bits per heavy atom. The Morgan fingerprint density at radius 2 is 1.69 bits per heavy atom. The number of ether oxygens (including phenoxy) is 1. The lowest BCUT2D eigenvalue weighted by Gasteiger charge is -2.37. The van der Waals surface area contributed by atoms with Gasteiger partial charge in [-0.2, -0.15) is 0 Å². The summed E-state index contributed by atoms with van der Waals surface area (Å²) in [5, 5.41) is 0.179. The third-order valence-corrected chi connectivity index (χ3v) is 6.82. The fourth-order valence-corrected chi connectivity index (χ4v) is 5.08. The van der Waals surface area contributed by atoms with Gasteiger partial charge in [0.2, 0.25) is 0 Å². The summed E-state index contributed by atoms with van der Waals surface area (Å²) in [6.45, 7) is 4.38. The van der Waals surface area contributed by atoms with Crippen LogP contribution in [0.2, 0.25) is 5.02 Å². The highest BCUT2D eigenvalue weighted by Gasteiger charge is 2.30. The number of hydrogen-bond donors (Lipinski definition) is 0. The minimum absolute atomic E-state index is 0.179. The van der Waals surface area contributed by atoms with Crippen molar-refractivity contribution in [3.63, 3.8) is 0 Å². The molecule has 3 rings (SSSR count). The first-order chi connectivity index (χ1) is 12.7. The van der Waals surface area contributed by atoms with E-state index in [4.69, 9.17) is 16.3 Å². The molecule has 144 valence electrons. The van der Waals surface area contributed by atoms with Gasteiger partial charge in [-0.05, 0) is 86.8 Å². The molecule has 1 aromatic rings. The Hall–Kier alpha value is -0.860. The van der Waals surface area contributed by atoms with Crippen LogP contribution in [0.15, 0.2) is 30.9 Å². The summed E-state index contributed by atoms with van der Waals surface area (Å²) in [5.41, 5.74) is 0.955. The summed E-state index contributed by atoms with van der Waals surface area (Å²) in [7, 11) is 0. The fourth-order valence-electron chi connectivity index (χ4n) is 4.87. The van der Waals surface area contributed by atoms with Crippen molar-refractivity contribution in [1.29, 1.82) is 0 Å². The summed E-state index contributed by atoms with van der Waals surface area (Å²) in [6, 6.07) is 4.86. The standard InChI is InChI=1S/C23H32ClFO/c1-2-3-4-17-5-8-19(9-6-17)20-10-12-21(13-11-20)26-16-18-7-14-23(25)22(24)15-18/h2,7,14-15,17,19-21H,1,3-6,8-13,16H2/t17-,19-,20?,21?. The number of allylic oxidation sites excluding steroid dienone is 1. The summed E-state index contributed by atoms with van der Waals surface area (Å²) >= 11 is 5.84. The summed E-state index contributed by atoms with van der Waals surface area (Å²) in [5.74, 6) is 2.41. The molecule has 0 aliphatic heterocycles. The van der Waals surface area contributed by atoms with Crippen LogP contribution in [0.5, 0.6) is 0 Å². The Kier molecular flexibility index (Phi) is 7.57. The van der Waals surface area contributed by atoms with Gasteiger partial charge in [0, 0.05) is 0 Å². The molecule has 3 heteroatoms. The first-order valence-electron chi connectivity index (χ1n) is 10.3. The Balaban J connectivity index is 1.36. The van der Waals surface area contributed by atoms with E-state index >= 15 is 0 Å². The van der Waals surface area contributed by atoms with Gasteiger partial charge >= 0.3 is 0 Å². The largest absolute Gasteiger partial charge is 0.374 e. The van der Waals surface area contributed by atoms with E-state index in [1.165, 1.54) is 57.4 Å². The maximum absolute atomic E-state index is 13.2. The predicted octanol–water partition coefficient (Wildman–Crippen LogP) is 7.33. The van der Waals surface area contributed by atoms with E-state index in [1.54, 1.807) is 12.1 Å². The molecule has 0 bridgehead atoms. The first kappa shape index (κ1) is 19.9. The maximum Gasteiger partial charge on any atom is 0.141 e. The molecule has 1 aromatic carbocycles. The zero-order chi connectivity index (χ0) is 18.4. The summed E-state index contributed by atoms with van der Waals surface area (Å²) in [4.78, 5) is 0. The second kappa shape index (κ2) is 9.90. The fraction of sp³-hybridized carbons (Fsp3) is 0.652. The first-order valence-corrected chi connectivity index (χ1v) is 10.7. The van der Waals surface area contributed by atoms with E-state index in [2.05, 4.69) is 12.7 Å². The minimum Gasteiger partial charge on any atom is -0.374 e. The molecule has 2 fully saturated rings. The monoisotopic (exact) mass is 378 g/mol. The number of hydrogen-bond acceptors (Lipinski definition) is 1. The molecule has 0 atom stereocenters. The van der Waals surface area contributed by atoms with E-state index in [0.717, 1.165) is 36.2 Å². The molecule has 0 radical (unpaired) electrons. The average molecular weight is 379 g/mol. The second-order valence-electron chi connectivity index (χ2n) is 8.24. The van der Waals surface area contributed by atoms with Crippen LogP contribution in [0, 0.1) is 23.6 Å². The number of halogens is 2. The van der Waals surface area contributed by atoms with Crippen LogP contribution in [0.25, 0.3) is 0 Å². The minimum atomic E-state index is -0.366. The van der Waals surface area contributed by atoms with Crippen molar-refractivity contribution in [3.05, 3.63) is 47.3 Å². The van der Waals surface area contributed by atoms with Gasteiger partial charge in [-0.3, -0.25) is 0 Å². The smallest absolute Gasteiger partial charge is 0.141 e. The molecule has 0 N–H and O–H groups in total. The van der Waals surface area contributed by atoms with Gasteiger partial charge in [0.05, 0.1) is 17.7 Å². The van der Waals surface area contributed by atoms with Crippen LogP contribution < -0.4 is 0 Å². The molecule has 0 spiro atoms. The lowest BCUT2D eigenvalue weighted by atomic mass is 9.70. The van der Waals surface area contributed by atoms with Crippen LogP contribution in [-0.2, 0) is 11.3 Å². The van der Waals surface area contributed by atoms with Gasteiger partial charge in [-0.1, -0.05) is 36.6 Å². The van der Waals surface area contributed by atoms with Crippen LogP contribution in [0.3, 0.4) is 0 Å². The molecular weight excluding hydrogens is 347 g/mol. The lowest BCUT2D eigenvalue weighted by molar-refractivity contribution is -0.00283. The molecule has 0 unspecified atom stereocenters. The molecule has 0 saturated heterocycles. The Morgan fingerprint density at radius 1 is 1.04 bits per heavy atom. The third-order valence-electron chi connectivity index (χ3n) is 6.53. The van der Waals surface area contributed by atoms with Gasteiger partial charge in [0.15, 0.2) is 0 Å². The number of rotatable bonds is 7. The quantitative estimate of drug-likeness (QED) is 0.451. The van der Waals surface area contributed by atoms with Crippen LogP contribution in [0.1, 0.15) is 69.8 Å². The van der Waals surface area contributed by atoms with Crippen LogP contribution in [0.4, 0.5) is 4.39 Å². The normalized spacial score (nSPS) is 29.5. The van der Waals surface area contributed by atoms with E-state index in [0.29, 0.717) is 12.7 Å². The zero-order valence-corrected chi connectivity index (χ0v) is 16.5. The number of benzene rings is 1. The zero-order valence-electron chi connectivity index (χ0n) is 15.8. The van der Waals surface area contributed by atoms with Gasteiger partial charge < -0.3 is 4.74 Å². The summed E-state index contributed by atoms with van der Waals surface area (Å²) in [6.07, 6.45) is 15.5. The van der Waals surface area contributed by atoms with Crippen molar-refractivity contribution < 1.29 is 9.13 Å². The Bertz CT molecular complexity index is 572. The Labute approximate surface area is 163 Å². The van der Waals surface area contributed by atoms with Crippen molar-refractivity contribution in [2.45, 2.75) is 76.9 Å². The van der Waals surface area contributed by atoms with E-state index < -0.39 is 0 Å². The highest BCUT2D eigenvalue weighted by atomic mass is 35.5. The maximum atomic E-state index is 13.2. The molecule has 1 nitrogen and oxygen atoms in total. The molecule has 0 amide bonds. The molecule has 2 aliphatic carbocycles. The van der Waals surface area contributed by atoms with Gasteiger partial charge in [-0.15, -0.1) is 6.58 Å². The van der Waals surface area contributed by atoms with Crippen molar-refractivity contribution in [1.82, 2.24) is 0 Å². The molecule has 0 aromatic heterocycles. The molecule has 2 aliphatic rings. The van der Waals surface area contributed by atoms with Crippen molar-refractivity contribution in [3.8, 4) is 0 Å². The highest BCUT2D eigenvalue weighted by Crippen LogP contribution is 2.41. The molecule has 0 heterocycles. The van der Waals surface area contributed by atoms with Gasteiger partial charge in [-0.25, -0.2) is 4.39 Å². The second-order valence-corrected chi connectivity index (χ2v) is 8.65. The molecule has 26 heavy (non-hydrogen) atoms. The average Bonchev–Trinajstić information content (AvgIpc) is 2.68.